The minimum atomic E-state index is 0.638. The zero-order valence-corrected chi connectivity index (χ0v) is 9.33. The molecule has 82 valence electrons. The molecule has 0 atom stereocenters. The minimum Gasteiger partial charge on any atom is -0.249 e. The zero-order valence-electron chi connectivity index (χ0n) is 9.33. The van der Waals surface area contributed by atoms with Gasteiger partial charge in [0.15, 0.2) is 11.5 Å². The van der Waals surface area contributed by atoms with Crippen LogP contribution >= 0.6 is 0 Å². The lowest BCUT2D eigenvalue weighted by Crippen LogP contribution is -1.95. The third kappa shape index (κ3) is 1.85. The molecule has 4 heteroatoms. The molecule has 0 aliphatic heterocycles. The summed E-state index contributed by atoms with van der Waals surface area (Å²) in [5.41, 5.74) is 3.20. The molecule has 0 saturated heterocycles. The van der Waals surface area contributed by atoms with Gasteiger partial charge in [0.25, 0.3) is 0 Å². The molecule has 0 radical (unpaired) electrons. The summed E-state index contributed by atoms with van der Waals surface area (Å²) < 4.78 is 0. The molecule has 3 rings (SSSR count). The van der Waals surface area contributed by atoms with Crippen molar-refractivity contribution in [3.8, 4) is 11.4 Å². The first kappa shape index (κ1) is 9.84. The number of benzene rings is 1. The quantitative estimate of drug-likeness (QED) is 0.634. The summed E-state index contributed by atoms with van der Waals surface area (Å²) >= 11 is 0. The average molecular weight is 222 g/mol. The zero-order chi connectivity index (χ0) is 11.7. The van der Waals surface area contributed by atoms with Gasteiger partial charge in [0.05, 0.1) is 11.9 Å². The van der Waals surface area contributed by atoms with Crippen molar-refractivity contribution in [2.75, 3.05) is 0 Å². The Bertz CT molecular complexity index is 665. The lowest BCUT2D eigenvalue weighted by atomic mass is 10.2. The molecule has 2 heterocycles. The first-order valence-electron chi connectivity index (χ1n) is 5.35. The molecule has 0 unspecified atom stereocenters. The highest BCUT2D eigenvalue weighted by Crippen LogP contribution is 2.15. The van der Waals surface area contributed by atoms with Gasteiger partial charge in [-0.1, -0.05) is 30.3 Å². The van der Waals surface area contributed by atoms with Crippen molar-refractivity contribution in [3.63, 3.8) is 0 Å². The summed E-state index contributed by atoms with van der Waals surface area (Å²) in [5.74, 6) is 0.679. The van der Waals surface area contributed by atoms with Crippen LogP contribution in [0.15, 0.2) is 42.7 Å². The van der Waals surface area contributed by atoms with Crippen LogP contribution in [0.5, 0.6) is 0 Å². The van der Waals surface area contributed by atoms with Crippen molar-refractivity contribution in [2.24, 2.45) is 0 Å². The number of hydrogen-bond acceptors (Lipinski definition) is 4. The number of aromatic nitrogens is 4. The predicted octanol–water partition coefficient (Wildman–Crippen LogP) is 2.40. The Labute approximate surface area is 98.4 Å². The fraction of sp³-hybridized carbons (Fsp3) is 0.0769. The first-order valence-corrected chi connectivity index (χ1v) is 5.35. The molecule has 0 spiro atoms. The van der Waals surface area contributed by atoms with E-state index in [-0.39, 0.29) is 0 Å². The van der Waals surface area contributed by atoms with E-state index in [1.54, 1.807) is 12.4 Å². The monoisotopic (exact) mass is 222 g/mol. The molecular formula is C13H10N4. The second-order valence-corrected chi connectivity index (χ2v) is 3.78. The highest BCUT2D eigenvalue weighted by Gasteiger charge is 2.04. The van der Waals surface area contributed by atoms with Gasteiger partial charge in [-0.15, -0.1) is 0 Å². The topological polar surface area (TPSA) is 51.6 Å². The second kappa shape index (κ2) is 3.90. The first-order chi connectivity index (χ1) is 8.33. The predicted molar refractivity (Wildman–Crippen MR) is 65.3 cm³/mol. The van der Waals surface area contributed by atoms with Crippen LogP contribution < -0.4 is 0 Å². The molecule has 0 bridgehead atoms. The summed E-state index contributed by atoms with van der Waals surface area (Å²) in [7, 11) is 0. The van der Waals surface area contributed by atoms with Gasteiger partial charge in [0.1, 0.15) is 5.52 Å². The largest absolute Gasteiger partial charge is 0.249 e. The molecule has 0 fully saturated rings. The molecule has 3 aromatic rings. The van der Waals surface area contributed by atoms with E-state index in [1.165, 1.54) is 0 Å². The Morgan fingerprint density at radius 2 is 1.71 bits per heavy atom. The fourth-order valence-electron chi connectivity index (χ4n) is 1.62. The number of aryl methyl sites for hydroxylation is 1. The van der Waals surface area contributed by atoms with E-state index >= 15 is 0 Å². The van der Waals surface area contributed by atoms with E-state index in [0.29, 0.717) is 11.5 Å². The molecule has 0 amide bonds. The average Bonchev–Trinajstić information content (AvgIpc) is 2.39. The number of fused-ring (bicyclic) bond motifs is 1. The Balaban J connectivity index is 2.19. The van der Waals surface area contributed by atoms with Gasteiger partial charge >= 0.3 is 0 Å². The lowest BCUT2D eigenvalue weighted by molar-refractivity contribution is 1.11. The van der Waals surface area contributed by atoms with Crippen LogP contribution in [0.4, 0.5) is 0 Å². The molecule has 17 heavy (non-hydrogen) atoms. The third-order valence-electron chi connectivity index (χ3n) is 2.45. The van der Waals surface area contributed by atoms with Crippen molar-refractivity contribution in [1.82, 2.24) is 19.9 Å². The normalized spacial score (nSPS) is 10.6. The molecule has 1 aromatic carbocycles. The summed E-state index contributed by atoms with van der Waals surface area (Å²) in [4.78, 5) is 17.3. The molecular weight excluding hydrogens is 212 g/mol. The van der Waals surface area contributed by atoms with Crippen molar-refractivity contribution in [1.29, 1.82) is 0 Å². The fourth-order valence-corrected chi connectivity index (χ4v) is 1.62. The van der Waals surface area contributed by atoms with E-state index in [1.807, 2.05) is 37.3 Å². The van der Waals surface area contributed by atoms with Crippen LogP contribution in [0, 0.1) is 6.92 Å². The second-order valence-electron chi connectivity index (χ2n) is 3.78. The van der Waals surface area contributed by atoms with Crippen molar-refractivity contribution in [3.05, 3.63) is 48.4 Å². The molecule has 4 nitrogen and oxygen atoms in total. The van der Waals surface area contributed by atoms with Crippen LogP contribution in [-0.4, -0.2) is 19.9 Å². The standard InChI is InChI=1S/C13H10N4/c1-9-7-14-11-8-15-12(17-13(11)16-9)10-5-3-2-4-6-10/h2-8H,1H3. The molecule has 0 aliphatic carbocycles. The summed E-state index contributed by atoms with van der Waals surface area (Å²) in [6, 6.07) is 9.85. The summed E-state index contributed by atoms with van der Waals surface area (Å²) in [5, 5.41) is 0. The maximum atomic E-state index is 4.42. The smallest absolute Gasteiger partial charge is 0.182 e. The minimum absolute atomic E-state index is 0.638. The van der Waals surface area contributed by atoms with Crippen LogP contribution in [0.25, 0.3) is 22.6 Å². The van der Waals surface area contributed by atoms with Gasteiger partial charge in [-0.3, -0.25) is 0 Å². The van der Waals surface area contributed by atoms with E-state index in [0.717, 1.165) is 16.8 Å². The Morgan fingerprint density at radius 3 is 2.53 bits per heavy atom. The number of nitrogens with zero attached hydrogens (tertiary/aromatic N) is 4. The Morgan fingerprint density at radius 1 is 0.882 bits per heavy atom. The van der Waals surface area contributed by atoms with Crippen LogP contribution in [0.1, 0.15) is 5.69 Å². The maximum Gasteiger partial charge on any atom is 0.182 e. The number of hydrogen-bond donors (Lipinski definition) is 0. The van der Waals surface area contributed by atoms with Crippen LogP contribution in [0.2, 0.25) is 0 Å². The van der Waals surface area contributed by atoms with Gasteiger partial charge in [-0.25, -0.2) is 19.9 Å². The Kier molecular flexibility index (Phi) is 2.26. The summed E-state index contributed by atoms with van der Waals surface area (Å²) in [6.45, 7) is 1.90. The maximum absolute atomic E-state index is 4.42. The van der Waals surface area contributed by atoms with Gasteiger partial charge in [-0.05, 0) is 6.92 Å². The van der Waals surface area contributed by atoms with E-state index in [4.69, 9.17) is 0 Å². The number of rotatable bonds is 1. The van der Waals surface area contributed by atoms with Crippen LogP contribution in [-0.2, 0) is 0 Å². The van der Waals surface area contributed by atoms with E-state index in [9.17, 15) is 0 Å². The molecule has 0 aliphatic rings. The summed E-state index contributed by atoms with van der Waals surface area (Å²) in [6.07, 6.45) is 3.42. The highest BCUT2D eigenvalue weighted by atomic mass is 15.0. The van der Waals surface area contributed by atoms with E-state index in [2.05, 4.69) is 19.9 Å². The van der Waals surface area contributed by atoms with Gasteiger partial charge in [0, 0.05) is 11.8 Å². The van der Waals surface area contributed by atoms with Gasteiger partial charge in [-0.2, -0.15) is 0 Å². The lowest BCUT2D eigenvalue weighted by Gasteiger charge is -2.01. The van der Waals surface area contributed by atoms with Crippen LogP contribution in [0.3, 0.4) is 0 Å². The van der Waals surface area contributed by atoms with Gasteiger partial charge < -0.3 is 0 Å². The van der Waals surface area contributed by atoms with Crippen molar-refractivity contribution >= 4 is 11.2 Å². The van der Waals surface area contributed by atoms with E-state index < -0.39 is 0 Å². The van der Waals surface area contributed by atoms with Crippen molar-refractivity contribution in [2.45, 2.75) is 6.92 Å². The molecule has 2 aromatic heterocycles. The highest BCUT2D eigenvalue weighted by molar-refractivity contribution is 5.71. The van der Waals surface area contributed by atoms with Crippen molar-refractivity contribution < 1.29 is 0 Å². The van der Waals surface area contributed by atoms with Gasteiger partial charge in [0.2, 0.25) is 0 Å². The molecule has 0 N–H and O–H groups in total. The molecule has 0 saturated carbocycles. The SMILES string of the molecule is Cc1cnc2cnc(-c3ccccc3)nc2n1. The Hall–Kier alpha value is -2.36. The third-order valence-corrected chi connectivity index (χ3v) is 2.45.